The molecule has 12 aromatic rings. The smallest absolute Gasteiger partial charge is 0.136 e. The van der Waals surface area contributed by atoms with E-state index in [-0.39, 0.29) is 0 Å². The maximum Gasteiger partial charge on any atom is 0.136 e. The van der Waals surface area contributed by atoms with Gasteiger partial charge in [0.05, 0.1) is 33.8 Å². The van der Waals surface area contributed by atoms with Crippen LogP contribution in [0.15, 0.2) is 247 Å². The highest BCUT2D eigenvalue weighted by molar-refractivity contribution is 6.13. The van der Waals surface area contributed by atoms with E-state index < -0.39 is 0 Å². The molecule has 0 spiro atoms. The lowest BCUT2D eigenvalue weighted by Gasteiger charge is -2.11. The summed E-state index contributed by atoms with van der Waals surface area (Å²) in [6.45, 7) is 3.48. The number of furan rings is 1. The number of allylic oxidation sites excluding steroid dienone is 3. The number of nitrogens with zero attached hydrogens (tertiary/aromatic N) is 6. The molecule has 6 aromatic heterocycles. The van der Waals surface area contributed by atoms with Gasteiger partial charge in [-0.2, -0.15) is 0 Å². The number of aliphatic imine (C=N–C) groups is 1. The highest BCUT2D eigenvalue weighted by atomic mass is 16.3. The number of hydrogen-bond acceptors (Lipinski definition) is 6. The summed E-state index contributed by atoms with van der Waals surface area (Å²) in [6.07, 6.45) is 14.4. The zero-order valence-corrected chi connectivity index (χ0v) is 37.8. The summed E-state index contributed by atoms with van der Waals surface area (Å²) in [6, 6.07) is 65.7. The number of pyridine rings is 4. The summed E-state index contributed by atoms with van der Waals surface area (Å²) >= 11 is 0. The van der Waals surface area contributed by atoms with Gasteiger partial charge in [0.1, 0.15) is 11.2 Å². The van der Waals surface area contributed by atoms with Gasteiger partial charge in [-0.05, 0) is 131 Å². The molecule has 0 saturated carbocycles. The summed E-state index contributed by atoms with van der Waals surface area (Å²) in [5.41, 5.74) is 17.2. The van der Waals surface area contributed by atoms with Gasteiger partial charge < -0.3 is 8.98 Å². The van der Waals surface area contributed by atoms with Crippen molar-refractivity contribution in [2.24, 2.45) is 4.99 Å². The van der Waals surface area contributed by atoms with Crippen molar-refractivity contribution in [3.63, 3.8) is 0 Å². The Kier molecular flexibility index (Phi) is 11.6. The molecular weight excluding hydrogens is 845 g/mol. The second kappa shape index (κ2) is 18.9. The Morgan fingerprint density at radius 2 is 0.884 bits per heavy atom. The number of rotatable bonds is 9. The molecule has 0 N–H and O–H groups in total. The van der Waals surface area contributed by atoms with Crippen molar-refractivity contribution >= 4 is 50.0 Å². The van der Waals surface area contributed by atoms with E-state index in [4.69, 9.17) is 24.4 Å². The Bertz CT molecular complexity index is 3720. The van der Waals surface area contributed by atoms with E-state index in [1.807, 2.05) is 97.6 Å². The zero-order chi connectivity index (χ0) is 46.5. The van der Waals surface area contributed by atoms with Gasteiger partial charge in [-0.25, -0.2) is 0 Å². The second-order valence-corrected chi connectivity index (χ2v) is 16.5. The van der Waals surface area contributed by atoms with Crippen molar-refractivity contribution in [3.05, 3.63) is 238 Å². The molecule has 0 aliphatic carbocycles. The molecular formula is C62H44N6O. The van der Waals surface area contributed by atoms with Crippen LogP contribution in [0.3, 0.4) is 0 Å². The predicted molar refractivity (Wildman–Crippen MR) is 286 cm³/mol. The largest absolute Gasteiger partial charge is 0.456 e. The van der Waals surface area contributed by atoms with Gasteiger partial charge in [-0.15, -0.1) is 0 Å². The third kappa shape index (κ3) is 8.19. The van der Waals surface area contributed by atoms with Crippen LogP contribution in [0, 0.1) is 0 Å². The van der Waals surface area contributed by atoms with E-state index in [1.165, 1.54) is 0 Å². The highest BCUT2D eigenvalue weighted by Gasteiger charge is 2.20. The minimum absolute atomic E-state index is 0.798. The molecule has 0 fully saturated rings. The molecule has 0 bridgehead atoms. The van der Waals surface area contributed by atoms with Crippen molar-refractivity contribution in [2.75, 3.05) is 7.05 Å². The van der Waals surface area contributed by atoms with Gasteiger partial charge in [-0.1, -0.05) is 104 Å². The Balaban J connectivity index is 0.000000693. The normalized spacial score (nSPS) is 11.5. The number of fused-ring (bicyclic) bond motifs is 6. The fourth-order valence-corrected chi connectivity index (χ4v) is 9.23. The van der Waals surface area contributed by atoms with E-state index in [2.05, 4.69) is 144 Å². The number of benzene rings is 6. The van der Waals surface area contributed by atoms with E-state index >= 15 is 0 Å². The van der Waals surface area contributed by atoms with Crippen LogP contribution in [0.5, 0.6) is 0 Å². The molecule has 0 saturated heterocycles. The SMILES string of the molecule is C=C/C=C\C=NC.c1ccc(-c2ccccc2-c2ccc3c(c2)c2cc(-c4ccccc4-c4ccccn4)ccc2n3-c2ccc3oc4cc(-c5ccccn5)c(-c5ccccn5)cc4c3c2)nc1. The molecule has 0 aliphatic heterocycles. The molecule has 7 heteroatoms. The average Bonchev–Trinajstić information content (AvgIpc) is 3.95. The third-order valence-corrected chi connectivity index (χ3v) is 12.3. The van der Waals surface area contributed by atoms with E-state index in [0.29, 0.717) is 0 Å². The molecule has 12 rings (SSSR count). The molecule has 0 amide bonds. The first-order valence-electron chi connectivity index (χ1n) is 22.8. The van der Waals surface area contributed by atoms with Gasteiger partial charge in [-0.3, -0.25) is 24.9 Å². The van der Waals surface area contributed by atoms with Crippen molar-refractivity contribution in [1.29, 1.82) is 0 Å². The number of aromatic nitrogens is 5. The maximum atomic E-state index is 6.61. The summed E-state index contributed by atoms with van der Waals surface area (Å²) < 4.78 is 8.99. The van der Waals surface area contributed by atoms with Crippen LogP contribution in [-0.4, -0.2) is 37.8 Å². The standard InChI is InChI=1S/C56H35N5O.C6H9N/c1-3-15-41(49-17-5-9-27-57-49)39(13-1)36-21-24-53-45(31-36)46-32-37(40-14-2-4-16-42(40)50-18-6-10-28-58-50)22-25-54(46)61(53)38-23-26-55-47(33-38)48-34-43(51-19-7-11-29-59-51)44(35-56(48)62-55)52-20-8-12-30-60-52;1-3-4-5-6-7-2/h1-35H;3-6H,1H2,2H3/b;5-4-,7-6?. The van der Waals surface area contributed by atoms with Gasteiger partial charge in [0.15, 0.2) is 0 Å². The topological polar surface area (TPSA) is 82.0 Å². The zero-order valence-electron chi connectivity index (χ0n) is 37.8. The molecule has 6 heterocycles. The lowest BCUT2D eigenvalue weighted by atomic mass is 9.94. The van der Waals surface area contributed by atoms with Gasteiger partial charge in [0, 0.05) is 87.5 Å². The van der Waals surface area contributed by atoms with Crippen molar-refractivity contribution in [3.8, 4) is 73.0 Å². The van der Waals surface area contributed by atoms with Crippen molar-refractivity contribution < 1.29 is 4.42 Å². The fourth-order valence-electron chi connectivity index (χ4n) is 9.23. The summed E-state index contributed by atoms with van der Waals surface area (Å²) in [4.78, 5) is 22.7. The molecule has 0 aliphatic rings. The Labute approximate surface area is 399 Å². The van der Waals surface area contributed by atoms with Crippen LogP contribution in [0.4, 0.5) is 0 Å². The first-order valence-corrected chi connectivity index (χ1v) is 22.8. The molecule has 7 nitrogen and oxygen atoms in total. The van der Waals surface area contributed by atoms with E-state index in [1.54, 1.807) is 19.3 Å². The van der Waals surface area contributed by atoms with Crippen LogP contribution < -0.4 is 0 Å². The van der Waals surface area contributed by atoms with Crippen LogP contribution >= 0.6 is 0 Å². The van der Waals surface area contributed by atoms with Gasteiger partial charge >= 0.3 is 0 Å². The predicted octanol–water partition coefficient (Wildman–Crippen LogP) is 15.7. The Morgan fingerprint density at radius 3 is 1.36 bits per heavy atom. The van der Waals surface area contributed by atoms with Crippen LogP contribution in [-0.2, 0) is 0 Å². The minimum atomic E-state index is 0.798. The maximum absolute atomic E-state index is 6.61. The van der Waals surface area contributed by atoms with Crippen molar-refractivity contribution in [2.45, 2.75) is 0 Å². The average molecular weight is 889 g/mol. The monoisotopic (exact) mass is 888 g/mol. The Hall–Kier alpha value is -9.33. The molecule has 0 atom stereocenters. The van der Waals surface area contributed by atoms with E-state index in [9.17, 15) is 0 Å². The molecule has 328 valence electrons. The first kappa shape index (κ1) is 42.3. The molecule has 6 aromatic carbocycles. The van der Waals surface area contributed by atoms with Crippen molar-refractivity contribution in [1.82, 2.24) is 24.5 Å². The summed E-state index contributed by atoms with van der Waals surface area (Å²) in [5, 5.41) is 4.35. The summed E-state index contributed by atoms with van der Waals surface area (Å²) in [5.74, 6) is 0. The molecule has 69 heavy (non-hydrogen) atoms. The highest BCUT2D eigenvalue weighted by Crippen LogP contribution is 2.43. The molecule has 0 unspecified atom stereocenters. The quantitative estimate of drug-likeness (QED) is 0.106. The Morgan fingerprint density at radius 1 is 0.420 bits per heavy atom. The lowest BCUT2D eigenvalue weighted by molar-refractivity contribution is 0.669. The van der Waals surface area contributed by atoms with Crippen LogP contribution in [0.1, 0.15) is 0 Å². The summed E-state index contributed by atoms with van der Waals surface area (Å²) in [7, 11) is 1.73. The first-order chi connectivity index (χ1) is 34.2. The number of hydrogen-bond donors (Lipinski definition) is 0. The fraction of sp³-hybridized carbons (Fsp3) is 0.0161. The molecule has 0 radical (unpaired) electrons. The van der Waals surface area contributed by atoms with Gasteiger partial charge in [0.2, 0.25) is 0 Å². The third-order valence-electron chi connectivity index (χ3n) is 12.3. The van der Waals surface area contributed by atoms with E-state index in [0.717, 1.165) is 117 Å². The van der Waals surface area contributed by atoms with Crippen LogP contribution in [0.25, 0.3) is 117 Å². The lowest BCUT2D eigenvalue weighted by Crippen LogP contribution is -1.94. The van der Waals surface area contributed by atoms with Crippen LogP contribution in [0.2, 0.25) is 0 Å². The second-order valence-electron chi connectivity index (χ2n) is 16.5. The van der Waals surface area contributed by atoms with Gasteiger partial charge in [0.25, 0.3) is 0 Å². The minimum Gasteiger partial charge on any atom is -0.456 e.